The minimum atomic E-state index is -0.614. The first kappa shape index (κ1) is 20.3. The van der Waals surface area contributed by atoms with Crippen molar-refractivity contribution in [2.24, 2.45) is 5.73 Å². The molecule has 27 heavy (non-hydrogen) atoms. The molecule has 0 bridgehead atoms. The zero-order valence-electron chi connectivity index (χ0n) is 16.2. The lowest BCUT2D eigenvalue weighted by Crippen LogP contribution is -2.31. The number of anilines is 1. The SMILES string of the molecule is CC(NC(=O)COc1ccccc1C(C)(C)C)c1ccc(NC(N)=O)cc1. The second-order valence-corrected chi connectivity index (χ2v) is 7.44. The highest BCUT2D eigenvalue weighted by atomic mass is 16.5. The lowest BCUT2D eigenvalue weighted by molar-refractivity contribution is -0.123. The number of hydrogen-bond acceptors (Lipinski definition) is 3. The maximum absolute atomic E-state index is 12.3. The highest BCUT2D eigenvalue weighted by molar-refractivity contribution is 5.87. The molecule has 4 N–H and O–H groups in total. The monoisotopic (exact) mass is 369 g/mol. The van der Waals surface area contributed by atoms with E-state index in [1.807, 2.05) is 43.3 Å². The first-order valence-electron chi connectivity index (χ1n) is 8.85. The van der Waals surface area contributed by atoms with Crippen molar-refractivity contribution in [3.8, 4) is 5.75 Å². The van der Waals surface area contributed by atoms with E-state index in [2.05, 4.69) is 31.4 Å². The zero-order chi connectivity index (χ0) is 20.0. The predicted octanol–water partition coefficient (Wildman–Crippen LogP) is 3.73. The third kappa shape index (κ3) is 6.02. The second-order valence-electron chi connectivity index (χ2n) is 7.44. The molecule has 3 amide bonds. The summed E-state index contributed by atoms with van der Waals surface area (Å²) in [6, 6.07) is 14.1. The lowest BCUT2D eigenvalue weighted by atomic mass is 9.86. The van der Waals surface area contributed by atoms with Crippen molar-refractivity contribution in [2.75, 3.05) is 11.9 Å². The Hall–Kier alpha value is -3.02. The van der Waals surface area contributed by atoms with E-state index >= 15 is 0 Å². The van der Waals surface area contributed by atoms with Crippen LogP contribution in [0.2, 0.25) is 0 Å². The lowest BCUT2D eigenvalue weighted by Gasteiger charge is -2.23. The van der Waals surface area contributed by atoms with Crippen LogP contribution in [-0.4, -0.2) is 18.5 Å². The van der Waals surface area contributed by atoms with Crippen LogP contribution in [0, 0.1) is 0 Å². The largest absolute Gasteiger partial charge is 0.483 e. The molecule has 0 heterocycles. The Bertz CT molecular complexity index is 795. The van der Waals surface area contributed by atoms with Gasteiger partial charge in [-0.05, 0) is 41.7 Å². The molecule has 1 unspecified atom stereocenters. The van der Waals surface area contributed by atoms with Crippen molar-refractivity contribution < 1.29 is 14.3 Å². The quantitative estimate of drug-likeness (QED) is 0.724. The molecule has 6 heteroatoms. The van der Waals surface area contributed by atoms with Crippen LogP contribution in [0.25, 0.3) is 0 Å². The van der Waals surface area contributed by atoms with Crippen LogP contribution in [-0.2, 0) is 10.2 Å². The predicted molar refractivity (Wildman–Crippen MR) is 107 cm³/mol. The van der Waals surface area contributed by atoms with Gasteiger partial charge in [0, 0.05) is 5.69 Å². The van der Waals surface area contributed by atoms with E-state index in [4.69, 9.17) is 10.5 Å². The fourth-order valence-corrected chi connectivity index (χ4v) is 2.72. The number of primary amides is 1. The Morgan fingerprint density at radius 3 is 2.30 bits per heavy atom. The number of urea groups is 1. The molecule has 2 rings (SSSR count). The van der Waals surface area contributed by atoms with Gasteiger partial charge in [-0.25, -0.2) is 4.79 Å². The molecular weight excluding hydrogens is 342 g/mol. The molecular formula is C21H27N3O3. The van der Waals surface area contributed by atoms with E-state index in [1.54, 1.807) is 12.1 Å². The first-order valence-corrected chi connectivity index (χ1v) is 8.85. The zero-order valence-corrected chi connectivity index (χ0v) is 16.2. The average Bonchev–Trinajstić information content (AvgIpc) is 2.59. The van der Waals surface area contributed by atoms with Gasteiger partial charge in [0.2, 0.25) is 0 Å². The van der Waals surface area contributed by atoms with Crippen molar-refractivity contribution in [3.05, 3.63) is 59.7 Å². The summed E-state index contributed by atoms with van der Waals surface area (Å²) < 4.78 is 5.75. The number of para-hydroxylation sites is 1. The molecule has 6 nitrogen and oxygen atoms in total. The van der Waals surface area contributed by atoms with Crippen LogP contribution in [0.5, 0.6) is 5.75 Å². The maximum Gasteiger partial charge on any atom is 0.316 e. The Morgan fingerprint density at radius 1 is 1.07 bits per heavy atom. The Labute approximate surface area is 160 Å². The van der Waals surface area contributed by atoms with E-state index in [0.29, 0.717) is 5.69 Å². The normalized spacial score (nSPS) is 12.1. The molecule has 0 aliphatic carbocycles. The van der Waals surface area contributed by atoms with Gasteiger partial charge in [-0.15, -0.1) is 0 Å². The summed E-state index contributed by atoms with van der Waals surface area (Å²) in [5.41, 5.74) is 7.59. The minimum absolute atomic E-state index is 0.0568. The number of carbonyl (C=O) groups excluding carboxylic acids is 2. The van der Waals surface area contributed by atoms with Gasteiger partial charge < -0.3 is 21.1 Å². The van der Waals surface area contributed by atoms with Crippen molar-refractivity contribution in [1.29, 1.82) is 0 Å². The van der Waals surface area contributed by atoms with Crippen LogP contribution < -0.4 is 21.1 Å². The van der Waals surface area contributed by atoms with Crippen LogP contribution >= 0.6 is 0 Å². The summed E-state index contributed by atoms with van der Waals surface area (Å²) in [5, 5.41) is 5.41. The molecule has 0 saturated carbocycles. The number of nitrogens with one attached hydrogen (secondary N) is 2. The Kier molecular flexibility index (Phi) is 6.45. The van der Waals surface area contributed by atoms with Gasteiger partial charge in [0.25, 0.3) is 5.91 Å². The van der Waals surface area contributed by atoms with Gasteiger partial charge in [0.15, 0.2) is 6.61 Å². The first-order chi connectivity index (χ1) is 12.7. The fourth-order valence-electron chi connectivity index (χ4n) is 2.72. The number of ether oxygens (including phenoxy) is 1. The number of rotatable bonds is 6. The van der Waals surface area contributed by atoms with Crippen molar-refractivity contribution in [1.82, 2.24) is 5.32 Å². The van der Waals surface area contributed by atoms with Crippen molar-refractivity contribution >= 4 is 17.6 Å². The molecule has 0 spiro atoms. The molecule has 2 aromatic rings. The number of carbonyl (C=O) groups is 2. The van der Waals surface area contributed by atoms with E-state index in [1.165, 1.54) is 0 Å². The molecule has 0 aromatic heterocycles. The van der Waals surface area contributed by atoms with Gasteiger partial charge in [-0.2, -0.15) is 0 Å². The topological polar surface area (TPSA) is 93.4 Å². The molecule has 1 atom stereocenters. The van der Waals surface area contributed by atoms with Crippen LogP contribution in [0.4, 0.5) is 10.5 Å². The summed E-state index contributed by atoms with van der Waals surface area (Å²) in [4.78, 5) is 23.1. The second kappa shape index (κ2) is 8.58. The molecule has 144 valence electrons. The fraction of sp³-hybridized carbons (Fsp3) is 0.333. The van der Waals surface area contributed by atoms with Gasteiger partial charge in [-0.1, -0.05) is 51.1 Å². The third-order valence-electron chi connectivity index (χ3n) is 4.11. The summed E-state index contributed by atoms with van der Waals surface area (Å²) in [6.07, 6.45) is 0. The summed E-state index contributed by atoms with van der Waals surface area (Å²) in [5.74, 6) is 0.514. The standard InChI is InChI=1S/C21H27N3O3/c1-14(15-9-11-16(12-10-15)24-20(22)26)23-19(25)13-27-18-8-6-5-7-17(18)21(2,3)4/h5-12,14H,13H2,1-4H3,(H,23,25)(H3,22,24,26). The van der Waals surface area contributed by atoms with Crippen LogP contribution in [0.3, 0.4) is 0 Å². The average molecular weight is 369 g/mol. The highest BCUT2D eigenvalue weighted by Gasteiger charge is 2.19. The van der Waals surface area contributed by atoms with Crippen molar-refractivity contribution in [3.63, 3.8) is 0 Å². The van der Waals surface area contributed by atoms with Gasteiger partial charge >= 0.3 is 6.03 Å². The molecule has 2 aromatic carbocycles. The molecule has 0 saturated heterocycles. The summed E-state index contributed by atoms with van der Waals surface area (Å²) in [6.45, 7) is 8.15. The summed E-state index contributed by atoms with van der Waals surface area (Å²) in [7, 11) is 0. The van der Waals surface area contributed by atoms with Crippen LogP contribution in [0.1, 0.15) is 44.9 Å². The number of hydrogen-bond donors (Lipinski definition) is 3. The van der Waals surface area contributed by atoms with Crippen LogP contribution in [0.15, 0.2) is 48.5 Å². The smallest absolute Gasteiger partial charge is 0.316 e. The van der Waals surface area contributed by atoms with E-state index in [-0.39, 0.29) is 24.0 Å². The maximum atomic E-state index is 12.3. The van der Waals surface area contributed by atoms with Gasteiger partial charge in [-0.3, -0.25) is 4.79 Å². The van der Waals surface area contributed by atoms with E-state index in [9.17, 15) is 9.59 Å². The number of nitrogens with two attached hydrogens (primary N) is 1. The van der Waals surface area contributed by atoms with Gasteiger partial charge in [0.1, 0.15) is 5.75 Å². The Morgan fingerprint density at radius 2 is 1.70 bits per heavy atom. The highest BCUT2D eigenvalue weighted by Crippen LogP contribution is 2.30. The third-order valence-corrected chi connectivity index (χ3v) is 4.11. The summed E-state index contributed by atoms with van der Waals surface area (Å²) >= 11 is 0. The minimum Gasteiger partial charge on any atom is -0.483 e. The number of benzene rings is 2. The number of amides is 3. The Balaban J connectivity index is 1.93. The van der Waals surface area contributed by atoms with Crippen molar-refractivity contribution in [2.45, 2.75) is 39.2 Å². The van der Waals surface area contributed by atoms with E-state index in [0.717, 1.165) is 16.9 Å². The molecule has 0 radical (unpaired) electrons. The van der Waals surface area contributed by atoms with Gasteiger partial charge in [0.05, 0.1) is 6.04 Å². The van der Waals surface area contributed by atoms with E-state index < -0.39 is 6.03 Å². The molecule has 0 aliphatic heterocycles. The molecule has 0 aliphatic rings. The molecule has 0 fully saturated rings.